The van der Waals surface area contributed by atoms with Gasteiger partial charge in [0.15, 0.2) is 5.96 Å². The van der Waals surface area contributed by atoms with Crippen molar-refractivity contribution < 1.29 is 9.53 Å². The summed E-state index contributed by atoms with van der Waals surface area (Å²) in [6.45, 7) is 8.22. The second-order valence-corrected chi connectivity index (χ2v) is 7.40. The number of hydrogen-bond acceptors (Lipinski definition) is 3. The third-order valence-electron chi connectivity index (χ3n) is 4.68. The van der Waals surface area contributed by atoms with Gasteiger partial charge in [0.1, 0.15) is 5.75 Å². The summed E-state index contributed by atoms with van der Waals surface area (Å²) >= 11 is 0. The maximum absolute atomic E-state index is 11.8. The van der Waals surface area contributed by atoms with Crippen molar-refractivity contribution in [2.24, 2.45) is 10.9 Å². The number of carbonyl (C=O) groups excluding carboxylic acids is 1. The van der Waals surface area contributed by atoms with Gasteiger partial charge in [0, 0.05) is 38.2 Å². The third kappa shape index (κ3) is 7.12. The van der Waals surface area contributed by atoms with Gasteiger partial charge < -0.3 is 20.7 Å². The SMILES string of the molecule is CN=C(NCCCNC(=O)C1CCC1)NCc1ccc(C)cc1OC(C)C. The van der Waals surface area contributed by atoms with E-state index in [1.165, 1.54) is 12.0 Å². The minimum Gasteiger partial charge on any atom is -0.491 e. The molecule has 1 amide bonds. The van der Waals surface area contributed by atoms with Gasteiger partial charge in [0.05, 0.1) is 6.10 Å². The molecule has 27 heavy (non-hydrogen) atoms. The topological polar surface area (TPSA) is 74.8 Å². The van der Waals surface area contributed by atoms with Crippen LogP contribution in [0.25, 0.3) is 0 Å². The van der Waals surface area contributed by atoms with Crippen LogP contribution < -0.4 is 20.7 Å². The fourth-order valence-electron chi connectivity index (χ4n) is 2.89. The molecule has 0 heterocycles. The Morgan fingerprint density at radius 2 is 1.96 bits per heavy atom. The van der Waals surface area contributed by atoms with Crippen molar-refractivity contribution in [3.8, 4) is 5.75 Å². The monoisotopic (exact) mass is 374 g/mol. The Bertz CT molecular complexity index is 639. The van der Waals surface area contributed by atoms with E-state index in [1.807, 2.05) is 13.8 Å². The lowest BCUT2D eigenvalue weighted by molar-refractivity contribution is -0.127. The van der Waals surface area contributed by atoms with Crippen LogP contribution in [0.3, 0.4) is 0 Å². The predicted molar refractivity (Wildman–Crippen MR) is 110 cm³/mol. The first-order valence-electron chi connectivity index (χ1n) is 9.98. The molecule has 1 aliphatic carbocycles. The molecule has 1 aromatic carbocycles. The molecule has 0 unspecified atom stereocenters. The summed E-state index contributed by atoms with van der Waals surface area (Å²) in [5.74, 6) is 2.12. The number of hydrogen-bond donors (Lipinski definition) is 3. The molecule has 3 N–H and O–H groups in total. The highest BCUT2D eigenvalue weighted by Crippen LogP contribution is 2.26. The first-order chi connectivity index (χ1) is 13.0. The molecule has 0 radical (unpaired) electrons. The van der Waals surface area contributed by atoms with E-state index in [2.05, 4.69) is 46.1 Å². The van der Waals surface area contributed by atoms with Crippen LogP contribution in [0, 0.1) is 12.8 Å². The number of aryl methyl sites for hydroxylation is 1. The van der Waals surface area contributed by atoms with Gasteiger partial charge in [-0.3, -0.25) is 9.79 Å². The maximum atomic E-state index is 11.8. The summed E-state index contributed by atoms with van der Waals surface area (Å²) in [7, 11) is 1.76. The van der Waals surface area contributed by atoms with Crippen LogP contribution in [-0.4, -0.2) is 38.1 Å². The number of carbonyl (C=O) groups is 1. The van der Waals surface area contributed by atoms with Gasteiger partial charge >= 0.3 is 0 Å². The van der Waals surface area contributed by atoms with Crippen LogP contribution in [0.2, 0.25) is 0 Å². The lowest BCUT2D eigenvalue weighted by Gasteiger charge is -2.24. The van der Waals surface area contributed by atoms with Gasteiger partial charge in [-0.1, -0.05) is 18.6 Å². The summed E-state index contributed by atoms with van der Waals surface area (Å²) in [5.41, 5.74) is 2.28. The number of nitrogens with one attached hydrogen (secondary N) is 3. The van der Waals surface area contributed by atoms with E-state index in [0.29, 0.717) is 13.1 Å². The second-order valence-electron chi connectivity index (χ2n) is 7.40. The molecule has 150 valence electrons. The molecule has 2 rings (SSSR count). The average molecular weight is 375 g/mol. The molecule has 1 aromatic rings. The fraction of sp³-hybridized carbons (Fsp3) is 0.619. The smallest absolute Gasteiger partial charge is 0.223 e. The van der Waals surface area contributed by atoms with Crippen LogP contribution in [0.1, 0.15) is 50.7 Å². The summed E-state index contributed by atoms with van der Waals surface area (Å²) in [6.07, 6.45) is 4.28. The number of amides is 1. The van der Waals surface area contributed by atoms with Crippen molar-refractivity contribution in [1.29, 1.82) is 0 Å². The lowest BCUT2D eigenvalue weighted by Crippen LogP contribution is -2.39. The highest BCUT2D eigenvalue weighted by atomic mass is 16.5. The summed E-state index contributed by atoms with van der Waals surface area (Å²) < 4.78 is 5.92. The molecular weight excluding hydrogens is 340 g/mol. The number of guanidine groups is 1. The molecule has 0 bridgehead atoms. The zero-order valence-electron chi connectivity index (χ0n) is 17.1. The van der Waals surface area contributed by atoms with Crippen LogP contribution >= 0.6 is 0 Å². The van der Waals surface area contributed by atoms with Gasteiger partial charge in [-0.25, -0.2) is 0 Å². The maximum Gasteiger partial charge on any atom is 0.223 e. The molecule has 1 saturated carbocycles. The fourth-order valence-corrected chi connectivity index (χ4v) is 2.89. The first kappa shape index (κ1) is 21.1. The number of ether oxygens (including phenoxy) is 1. The number of aliphatic imine (C=N–C) groups is 1. The van der Waals surface area contributed by atoms with Gasteiger partial charge in [-0.05, 0) is 51.7 Å². The highest BCUT2D eigenvalue weighted by Gasteiger charge is 2.24. The van der Waals surface area contributed by atoms with E-state index in [0.717, 1.165) is 43.1 Å². The van der Waals surface area contributed by atoms with Crippen molar-refractivity contribution >= 4 is 11.9 Å². The van der Waals surface area contributed by atoms with Crippen LogP contribution in [0.5, 0.6) is 5.75 Å². The Balaban J connectivity index is 1.71. The van der Waals surface area contributed by atoms with Crippen LogP contribution in [-0.2, 0) is 11.3 Å². The molecule has 6 nitrogen and oxygen atoms in total. The molecule has 0 saturated heterocycles. The Morgan fingerprint density at radius 3 is 2.59 bits per heavy atom. The molecule has 0 aromatic heterocycles. The van der Waals surface area contributed by atoms with Gasteiger partial charge in [-0.2, -0.15) is 0 Å². The summed E-state index contributed by atoms with van der Waals surface area (Å²) in [6, 6.07) is 6.24. The third-order valence-corrected chi connectivity index (χ3v) is 4.68. The minimum absolute atomic E-state index is 0.137. The van der Waals surface area contributed by atoms with Gasteiger partial charge in [0.2, 0.25) is 5.91 Å². The summed E-state index contributed by atoms with van der Waals surface area (Å²) in [4.78, 5) is 16.1. The summed E-state index contributed by atoms with van der Waals surface area (Å²) in [5, 5.41) is 9.62. The van der Waals surface area contributed by atoms with Crippen molar-refractivity contribution in [2.45, 2.75) is 59.1 Å². The normalized spacial score (nSPS) is 14.6. The molecule has 0 spiro atoms. The second kappa shape index (κ2) is 10.8. The molecule has 0 aliphatic heterocycles. The Hall–Kier alpha value is -2.24. The van der Waals surface area contributed by atoms with Crippen LogP contribution in [0.4, 0.5) is 0 Å². The van der Waals surface area contributed by atoms with E-state index < -0.39 is 0 Å². The van der Waals surface area contributed by atoms with E-state index in [1.54, 1.807) is 7.05 Å². The predicted octanol–water partition coefficient (Wildman–Crippen LogP) is 2.75. The van der Waals surface area contributed by atoms with Crippen molar-refractivity contribution in [1.82, 2.24) is 16.0 Å². The molecular formula is C21H34N4O2. The van der Waals surface area contributed by atoms with E-state index in [9.17, 15) is 4.79 Å². The van der Waals surface area contributed by atoms with E-state index in [4.69, 9.17) is 4.74 Å². The minimum atomic E-state index is 0.137. The van der Waals surface area contributed by atoms with Crippen LogP contribution in [0.15, 0.2) is 23.2 Å². The standard InChI is InChI=1S/C21H34N4O2/c1-15(2)27-19-13-16(3)9-10-18(19)14-25-21(22-4)24-12-6-11-23-20(26)17-7-5-8-17/h9-10,13,15,17H,5-8,11-12,14H2,1-4H3,(H,23,26)(H2,22,24,25). The largest absolute Gasteiger partial charge is 0.491 e. The van der Waals surface area contributed by atoms with Gasteiger partial charge in [0.25, 0.3) is 0 Å². The van der Waals surface area contributed by atoms with Crippen molar-refractivity contribution in [3.05, 3.63) is 29.3 Å². The Kier molecular flexibility index (Phi) is 8.43. The number of rotatable bonds is 9. The van der Waals surface area contributed by atoms with Gasteiger partial charge in [-0.15, -0.1) is 0 Å². The van der Waals surface area contributed by atoms with E-state index >= 15 is 0 Å². The lowest BCUT2D eigenvalue weighted by atomic mass is 9.85. The number of nitrogens with zero attached hydrogens (tertiary/aromatic N) is 1. The Morgan fingerprint density at radius 1 is 1.22 bits per heavy atom. The highest BCUT2D eigenvalue weighted by molar-refractivity contribution is 5.80. The quantitative estimate of drug-likeness (QED) is 0.353. The molecule has 1 fully saturated rings. The molecule has 0 atom stereocenters. The van der Waals surface area contributed by atoms with Crippen molar-refractivity contribution in [2.75, 3.05) is 20.1 Å². The molecule has 1 aliphatic rings. The van der Waals surface area contributed by atoms with E-state index in [-0.39, 0.29) is 17.9 Å². The average Bonchev–Trinajstić information content (AvgIpc) is 2.56. The molecule has 6 heteroatoms. The zero-order chi connectivity index (χ0) is 19.6. The zero-order valence-corrected chi connectivity index (χ0v) is 17.1. The van der Waals surface area contributed by atoms with Crippen molar-refractivity contribution in [3.63, 3.8) is 0 Å². The number of benzene rings is 1. The Labute approximate surface area is 163 Å². The first-order valence-corrected chi connectivity index (χ1v) is 9.98.